The Kier molecular flexibility index (Phi) is 7.12. The molecule has 194 valence electrons. The van der Waals surface area contributed by atoms with Gasteiger partial charge in [-0.2, -0.15) is 22.9 Å². The number of alkyl halides is 3. The number of nitro groups is 1. The van der Waals surface area contributed by atoms with Crippen LogP contribution in [0.2, 0.25) is 5.02 Å². The van der Waals surface area contributed by atoms with Crippen LogP contribution in [0.4, 0.5) is 18.9 Å². The topological polar surface area (TPSA) is 143 Å². The van der Waals surface area contributed by atoms with Crippen LogP contribution < -0.4 is 16.0 Å². The van der Waals surface area contributed by atoms with Crippen LogP contribution in [-0.4, -0.2) is 33.3 Å². The van der Waals surface area contributed by atoms with E-state index in [4.69, 9.17) is 22.1 Å². The summed E-state index contributed by atoms with van der Waals surface area (Å²) in [6.07, 6.45) is -3.60. The Morgan fingerprint density at radius 2 is 1.92 bits per heavy atom. The maximum Gasteiger partial charge on any atom is 0.416 e. The van der Waals surface area contributed by atoms with Crippen molar-refractivity contribution in [2.24, 2.45) is 10.8 Å². The standard InChI is InChI=1S/C24H15ClF3N5O5/c25-17-8-13(9-19(33(36)37)21(17)38-12-20(29)34)11-30-32-22(14-4-3-5-15(10-14)24(26,27)28)31-18-7-2-1-6-16(18)23(32)35/h1-11H,12H2,(H2,29,34). The van der Waals surface area contributed by atoms with Gasteiger partial charge in [0.1, 0.15) is 0 Å². The molecule has 1 aromatic heterocycles. The van der Waals surface area contributed by atoms with Gasteiger partial charge in [-0.25, -0.2) is 4.98 Å². The second-order valence-corrected chi connectivity index (χ2v) is 8.16. The van der Waals surface area contributed by atoms with E-state index in [1.54, 1.807) is 12.1 Å². The fourth-order valence-corrected chi connectivity index (χ4v) is 3.75. The summed E-state index contributed by atoms with van der Waals surface area (Å²) in [5.41, 5.74) is 2.98. The molecule has 10 nitrogen and oxygen atoms in total. The SMILES string of the molecule is NC(=O)COc1c(Cl)cc(C=Nn2c(-c3cccc(C(F)(F)F)c3)nc3ccccc3c2=O)cc1[N+](=O)[O-]. The van der Waals surface area contributed by atoms with Crippen molar-refractivity contribution in [2.45, 2.75) is 6.18 Å². The third kappa shape index (κ3) is 5.47. The minimum Gasteiger partial charge on any atom is -0.476 e. The molecule has 3 aromatic carbocycles. The van der Waals surface area contributed by atoms with E-state index in [0.717, 1.165) is 29.1 Å². The number of carbonyl (C=O) groups excluding carboxylic acids is 1. The molecule has 0 fully saturated rings. The van der Waals surface area contributed by atoms with E-state index in [-0.39, 0.29) is 32.9 Å². The van der Waals surface area contributed by atoms with Crippen molar-refractivity contribution in [1.29, 1.82) is 0 Å². The zero-order chi connectivity index (χ0) is 27.6. The maximum atomic E-state index is 13.3. The lowest BCUT2D eigenvalue weighted by Gasteiger charge is -2.12. The normalized spacial score (nSPS) is 11.7. The number of benzene rings is 3. The largest absolute Gasteiger partial charge is 0.476 e. The van der Waals surface area contributed by atoms with Gasteiger partial charge >= 0.3 is 11.9 Å². The molecule has 0 unspecified atom stereocenters. The van der Waals surface area contributed by atoms with Crippen molar-refractivity contribution in [1.82, 2.24) is 9.66 Å². The third-order valence-electron chi connectivity index (χ3n) is 5.13. The molecule has 38 heavy (non-hydrogen) atoms. The molecular formula is C24H15ClF3N5O5. The number of nitrogens with zero attached hydrogens (tertiary/aromatic N) is 4. The van der Waals surface area contributed by atoms with Gasteiger partial charge in [-0.3, -0.25) is 19.7 Å². The van der Waals surface area contributed by atoms with Gasteiger partial charge in [-0.05, 0) is 30.3 Å². The van der Waals surface area contributed by atoms with Crippen molar-refractivity contribution in [3.63, 3.8) is 0 Å². The third-order valence-corrected chi connectivity index (χ3v) is 5.41. The van der Waals surface area contributed by atoms with Gasteiger partial charge < -0.3 is 10.5 Å². The Hall–Kier alpha value is -4.78. The van der Waals surface area contributed by atoms with Crippen LogP contribution in [-0.2, 0) is 11.0 Å². The fourth-order valence-electron chi connectivity index (χ4n) is 3.47. The second kappa shape index (κ2) is 10.3. The molecule has 0 spiro atoms. The molecule has 0 atom stereocenters. The van der Waals surface area contributed by atoms with Crippen LogP contribution in [0.3, 0.4) is 0 Å². The van der Waals surface area contributed by atoms with Crippen LogP contribution in [0.1, 0.15) is 11.1 Å². The maximum absolute atomic E-state index is 13.3. The minimum atomic E-state index is -4.64. The quantitative estimate of drug-likeness (QED) is 0.207. The number of fused-ring (bicyclic) bond motifs is 1. The first-order valence-corrected chi connectivity index (χ1v) is 11.0. The van der Waals surface area contributed by atoms with E-state index in [2.05, 4.69) is 10.1 Å². The van der Waals surface area contributed by atoms with Crippen LogP contribution in [0.5, 0.6) is 5.75 Å². The van der Waals surface area contributed by atoms with Gasteiger partial charge in [0.2, 0.25) is 5.75 Å². The molecular weight excluding hydrogens is 531 g/mol. The molecule has 0 radical (unpaired) electrons. The van der Waals surface area contributed by atoms with Crippen LogP contribution >= 0.6 is 11.6 Å². The summed E-state index contributed by atoms with van der Waals surface area (Å²) in [5, 5.41) is 15.5. The van der Waals surface area contributed by atoms with Gasteiger partial charge in [0.05, 0.1) is 32.6 Å². The lowest BCUT2D eigenvalue weighted by molar-refractivity contribution is -0.385. The summed E-state index contributed by atoms with van der Waals surface area (Å²) in [6, 6.07) is 12.6. The number of ether oxygens (including phenoxy) is 1. The second-order valence-electron chi connectivity index (χ2n) is 7.76. The van der Waals surface area contributed by atoms with Crippen molar-refractivity contribution < 1.29 is 27.6 Å². The number of para-hydroxylation sites is 1. The molecule has 4 aromatic rings. The number of nitro benzene ring substituents is 1. The molecule has 4 rings (SSSR count). The predicted octanol–water partition coefficient (Wildman–Crippen LogP) is 4.39. The number of rotatable bonds is 7. The average molecular weight is 546 g/mol. The zero-order valence-electron chi connectivity index (χ0n) is 19.0. The first kappa shape index (κ1) is 26.3. The molecule has 0 aliphatic carbocycles. The van der Waals surface area contributed by atoms with E-state index in [1.807, 2.05) is 0 Å². The summed E-state index contributed by atoms with van der Waals surface area (Å²) in [7, 11) is 0. The molecule has 0 bridgehead atoms. The Bertz CT molecular complexity index is 1670. The summed E-state index contributed by atoms with van der Waals surface area (Å²) in [4.78, 5) is 39.3. The summed E-state index contributed by atoms with van der Waals surface area (Å²) in [5.74, 6) is -1.48. The van der Waals surface area contributed by atoms with Crippen molar-refractivity contribution >= 4 is 40.3 Å². The van der Waals surface area contributed by atoms with Crippen LogP contribution in [0, 0.1) is 10.1 Å². The number of amides is 1. The fraction of sp³-hybridized carbons (Fsp3) is 0.0833. The van der Waals surface area contributed by atoms with Crippen molar-refractivity contribution in [2.75, 3.05) is 6.61 Å². The van der Waals surface area contributed by atoms with Crippen molar-refractivity contribution in [3.05, 3.63) is 97.3 Å². The molecule has 0 saturated carbocycles. The van der Waals surface area contributed by atoms with E-state index in [1.165, 1.54) is 30.3 Å². The Morgan fingerprint density at radius 1 is 1.18 bits per heavy atom. The van der Waals surface area contributed by atoms with Gasteiger partial charge in [0, 0.05) is 17.2 Å². The van der Waals surface area contributed by atoms with Crippen molar-refractivity contribution in [3.8, 4) is 17.1 Å². The Labute approximate surface area is 215 Å². The highest BCUT2D eigenvalue weighted by molar-refractivity contribution is 6.32. The molecule has 1 amide bonds. The van der Waals surface area contributed by atoms with E-state index >= 15 is 0 Å². The number of carbonyl (C=O) groups is 1. The number of hydrogen-bond donors (Lipinski definition) is 1. The zero-order valence-corrected chi connectivity index (χ0v) is 19.7. The molecule has 0 aliphatic heterocycles. The van der Waals surface area contributed by atoms with Crippen LogP contribution in [0.25, 0.3) is 22.3 Å². The Morgan fingerprint density at radius 3 is 2.61 bits per heavy atom. The van der Waals surface area contributed by atoms with Gasteiger partial charge in [-0.15, -0.1) is 0 Å². The lowest BCUT2D eigenvalue weighted by Crippen LogP contribution is -2.21. The summed E-state index contributed by atoms with van der Waals surface area (Å²) >= 11 is 6.11. The molecule has 1 heterocycles. The van der Waals surface area contributed by atoms with Crippen LogP contribution in [0.15, 0.2) is 70.6 Å². The van der Waals surface area contributed by atoms with E-state index < -0.39 is 46.2 Å². The molecule has 2 N–H and O–H groups in total. The Balaban J connectivity index is 1.88. The minimum absolute atomic E-state index is 0.0426. The number of hydrogen-bond acceptors (Lipinski definition) is 7. The smallest absolute Gasteiger partial charge is 0.416 e. The average Bonchev–Trinajstić information content (AvgIpc) is 2.86. The summed E-state index contributed by atoms with van der Waals surface area (Å²) in [6.45, 7) is -0.660. The molecule has 14 heteroatoms. The first-order chi connectivity index (χ1) is 18.0. The number of aromatic nitrogens is 2. The summed E-state index contributed by atoms with van der Waals surface area (Å²) < 4.78 is 45.8. The van der Waals surface area contributed by atoms with E-state index in [9.17, 15) is 32.9 Å². The van der Waals surface area contributed by atoms with Gasteiger partial charge in [0.15, 0.2) is 12.4 Å². The predicted molar refractivity (Wildman–Crippen MR) is 132 cm³/mol. The van der Waals surface area contributed by atoms with Gasteiger partial charge in [0.25, 0.3) is 11.5 Å². The molecule has 0 aliphatic rings. The lowest BCUT2D eigenvalue weighted by atomic mass is 10.1. The highest BCUT2D eigenvalue weighted by atomic mass is 35.5. The number of nitrogens with two attached hydrogens (primary N) is 1. The first-order valence-electron chi connectivity index (χ1n) is 10.6. The van der Waals surface area contributed by atoms with Gasteiger partial charge in [-0.1, -0.05) is 35.9 Å². The highest BCUT2D eigenvalue weighted by Gasteiger charge is 2.31. The molecule has 0 saturated heterocycles. The number of primary amides is 1. The highest BCUT2D eigenvalue weighted by Crippen LogP contribution is 2.36. The van der Waals surface area contributed by atoms with E-state index in [0.29, 0.717) is 0 Å². The number of halogens is 4. The monoisotopic (exact) mass is 545 g/mol.